The topological polar surface area (TPSA) is 43.8 Å². The fourth-order valence-corrected chi connectivity index (χ4v) is 2.28. The summed E-state index contributed by atoms with van der Waals surface area (Å²) in [4.78, 5) is 0. The monoisotopic (exact) mass is 263 g/mol. The highest BCUT2D eigenvalue weighted by Gasteiger charge is 2.09. The number of benzene rings is 2. The third kappa shape index (κ3) is 2.36. The first-order chi connectivity index (χ1) is 9.78. The average molecular weight is 263 g/mol. The molecule has 3 nitrogen and oxygen atoms in total. The van der Waals surface area contributed by atoms with E-state index in [2.05, 4.69) is 35.4 Å². The van der Waals surface area contributed by atoms with Gasteiger partial charge in [0.1, 0.15) is 0 Å². The molecule has 2 aromatic carbocycles. The lowest BCUT2D eigenvalue weighted by Crippen LogP contribution is -2.01. The quantitative estimate of drug-likeness (QED) is 0.788. The molecule has 0 fully saturated rings. The SMILES string of the molecule is Cc1cc(-c2ccccc2)n(-c2ccc(CN)cc2)n1. The van der Waals surface area contributed by atoms with Gasteiger partial charge in [-0.2, -0.15) is 5.10 Å². The summed E-state index contributed by atoms with van der Waals surface area (Å²) in [6.07, 6.45) is 0. The Bertz CT molecular complexity index is 697. The summed E-state index contributed by atoms with van der Waals surface area (Å²) in [7, 11) is 0. The molecule has 3 rings (SSSR count). The highest BCUT2D eigenvalue weighted by molar-refractivity contribution is 5.62. The van der Waals surface area contributed by atoms with Crippen LogP contribution < -0.4 is 5.73 Å². The Morgan fingerprint density at radius 1 is 1.00 bits per heavy atom. The van der Waals surface area contributed by atoms with Gasteiger partial charge in [0.25, 0.3) is 0 Å². The van der Waals surface area contributed by atoms with Crippen LogP contribution in [-0.4, -0.2) is 9.78 Å². The van der Waals surface area contributed by atoms with E-state index in [-0.39, 0.29) is 0 Å². The normalized spacial score (nSPS) is 10.7. The van der Waals surface area contributed by atoms with Crippen molar-refractivity contribution in [1.29, 1.82) is 0 Å². The predicted octanol–water partition coefficient (Wildman–Crippen LogP) is 3.31. The Labute approximate surface area is 118 Å². The Kier molecular flexibility index (Phi) is 3.35. The third-order valence-corrected chi connectivity index (χ3v) is 3.32. The minimum Gasteiger partial charge on any atom is -0.326 e. The highest BCUT2D eigenvalue weighted by atomic mass is 15.3. The van der Waals surface area contributed by atoms with Crippen LogP contribution in [0.4, 0.5) is 0 Å². The average Bonchev–Trinajstić information content (AvgIpc) is 2.90. The largest absolute Gasteiger partial charge is 0.326 e. The maximum absolute atomic E-state index is 5.64. The molecule has 0 unspecified atom stereocenters. The van der Waals surface area contributed by atoms with E-state index >= 15 is 0 Å². The van der Waals surface area contributed by atoms with E-state index < -0.39 is 0 Å². The molecule has 0 aliphatic heterocycles. The summed E-state index contributed by atoms with van der Waals surface area (Å²) < 4.78 is 1.98. The summed E-state index contributed by atoms with van der Waals surface area (Å²) >= 11 is 0. The van der Waals surface area contributed by atoms with Gasteiger partial charge in [0.15, 0.2) is 0 Å². The van der Waals surface area contributed by atoms with Crippen molar-refractivity contribution in [3.8, 4) is 16.9 Å². The summed E-state index contributed by atoms with van der Waals surface area (Å²) in [5, 5.41) is 4.60. The van der Waals surface area contributed by atoms with Gasteiger partial charge in [0.05, 0.1) is 17.1 Å². The van der Waals surface area contributed by atoms with Crippen LogP contribution in [0.15, 0.2) is 60.7 Å². The van der Waals surface area contributed by atoms with Crippen molar-refractivity contribution in [2.24, 2.45) is 5.73 Å². The molecule has 1 heterocycles. The van der Waals surface area contributed by atoms with Crippen molar-refractivity contribution in [2.45, 2.75) is 13.5 Å². The number of aryl methyl sites for hydroxylation is 1. The number of aromatic nitrogens is 2. The molecule has 100 valence electrons. The van der Waals surface area contributed by atoms with Crippen LogP contribution in [0.25, 0.3) is 16.9 Å². The molecule has 0 saturated heterocycles. The lowest BCUT2D eigenvalue weighted by Gasteiger charge is -2.08. The number of nitrogens with zero attached hydrogens (tertiary/aromatic N) is 2. The molecule has 0 amide bonds. The zero-order valence-electron chi connectivity index (χ0n) is 11.5. The van der Waals surface area contributed by atoms with Gasteiger partial charge in [-0.3, -0.25) is 0 Å². The second-order valence-electron chi connectivity index (χ2n) is 4.82. The number of rotatable bonds is 3. The molecule has 20 heavy (non-hydrogen) atoms. The summed E-state index contributed by atoms with van der Waals surface area (Å²) in [5.74, 6) is 0. The van der Waals surface area contributed by atoms with Crippen molar-refractivity contribution in [3.05, 3.63) is 71.9 Å². The van der Waals surface area contributed by atoms with E-state index in [0.717, 1.165) is 28.2 Å². The fraction of sp³-hybridized carbons (Fsp3) is 0.118. The van der Waals surface area contributed by atoms with E-state index in [9.17, 15) is 0 Å². The van der Waals surface area contributed by atoms with Crippen molar-refractivity contribution >= 4 is 0 Å². The van der Waals surface area contributed by atoms with Gasteiger partial charge in [0.2, 0.25) is 0 Å². The standard InChI is InChI=1S/C17H17N3/c1-13-11-17(15-5-3-2-4-6-15)20(19-13)16-9-7-14(12-18)8-10-16/h2-11H,12,18H2,1H3. The first-order valence-electron chi connectivity index (χ1n) is 6.69. The minimum atomic E-state index is 0.559. The predicted molar refractivity (Wildman–Crippen MR) is 81.6 cm³/mol. The molecule has 2 N–H and O–H groups in total. The van der Waals surface area contributed by atoms with Crippen LogP contribution in [0.2, 0.25) is 0 Å². The molecule has 1 aromatic heterocycles. The van der Waals surface area contributed by atoms with Crippen molar-refractivity contribution in [2.75, 3.05) is 0 Å². The maximum atomic E-state index is 5.64. The molecular formula is C17H17N3. The van der Waals surface area contributed by atoms with E-state index in [1.165, 1.54) is 0 Å². The van der Waals surface area contributed by atoms with Gasteiger partial charge in [0, 0.05) is 12.1 Å². The molecular weight excluding hydrogens is 246 g/mol. The Hall–Kier alpha value is -2.39. The van der Waals surface area contributed by atoms with Gasteiger partial charge < -0.3 is 5.73 Å². The van der Waals surface area contributed by atoms with Crippen LogP contribution in [0, 0.1) is 6.92 Å². The first-order valence-corrected chi connectivity index (χ1v) is 6.69. The van der Waals surface area contributed by atoms with Crippen LogP contribution in [0.3, 0.4) is 0 Å². The summed E-state index contributed by atoms with van der Waals surface area (Å²) in [6, 6.07) is 20.6. The first kappa shape index (κ1) is 12.6. The Balaban J connectivity index is 2.09. The number of hydrogen-bond donors (Lipinski definition) is 1. The second-order valence-corrected chi connectivity index (χ2v) is 4.82. The van der Waals surface area contributed by atoms with Gasteiger partial charge in [-0.1, -0.05) is 42.5 Å². The smallest absolute Gasteiger partial charge is 0.0743 e. The molecule has 0 radical (unpaired) electrons. The molecule has 0 aliphatic rings. The lowest BCUT2D eigenvalue weighted by atomic mass is 10.1. The molecule has 3 aromatic rings. The molecule has 0 atom stereocenters. The van der Waals surface area contributed by atoms with Gasteiger partial charge in [-0.15, -0.1) is 0 Å². The number of hydrogen-bond acceptors (Lipinski definition) is 2. The minimum absolute atomic E-state index is 0.559. The third-order valence-electron chi connectivity index (χ3n) is 3.32. The zero-order valence-corrected chi connectivity index (χ0v) is 11.5. The van der Waals surface area contributed by atoms with Crippen molar-refractivity contribution in [1.82, 2.24) is 9.78 Å². The Morgan fingerprint density at radius 2 is 1.70 bits per heavy atom. The van der Waals surface area contributed by atoms with Crippen molar-refractivity contribution < 1.29 is 0 Å². The number of nitrogens with two attached hydrogens (primary N) is 1. The van der Waals surface area contributed by atoms with E-state index in [1.807, 2.05) is 41.9 Å². The van der Waals surface area contributed by atoms with E-state index in [4.69, 9.17) is 5.73 Å². The maximum Gasteiger partial charge on any atom is 0.0743 e. The van der Waals surface area contributed by atoms with E-state index in [1.54, 1.807) is 0 Å². The van der Waals surface area contributed by atoms with Gasteiger partial charge in [-0.25, -0.2) is 4.68 Å². The summed E-state index contributed by atoms with van der Waals surface area (Å²) in [6.45, 7) is 2.57. The van der Waals surface area contributed by atoms with Gasteiger partial charge in [-0.05, 0) is 30.7 Å². The lowest BCUT2D eigenvalue weighted by molar-refractivity contribution is 0.867. The van der Waals surface area contributed by atoms with Gasteiger partial charge >= 0.3 is 0 Å². The van der Waals surface area contributed by atoms with Crippen LogP contribution in [-0.2, 0) is 6.54 Å². The highest BCUT2D eigenvalue weighted by Crippen LogP contribution is 2.23. The fourth-order valence-electron chi connectivity index (χ4n) is 2.28. The van der Waals surface area contributed by atoms with Crippen LogP contribution in [0.1, 0.15) is 11.3 Å². The zero-order chi connectivity index (χ0) is 13.9. The van der Waals surface area contributed by atoms with Crippen LogP contribution in [0.5, 0.6) is 0 Å². The molecule has 0 spiro atoms. The Morgan fingerprint density at radius 3 is 2.35 bits per heavy atom. The second kappa shape index (κ2) is 5.31. The molecule has 0 bridgehead atoms. The van der Waals surface area contributed by atoms with Crippen molar-refractivity contribution in [3.63, 3.8) is 0 Å². The van der Waals surface area contributed by atoms with E-state index in [0.29, 0.717) is 6.54 Å². The molecule has 3 heteroatoms. The molecule has 0 saturated carbocycles. The van der Waals surface area contributed by atoms with Crippen LogP contribution >= 0.6 is 0 Å². The summed E-state index contributed by atoms with van der Waals surface area (Å²) in [5.41, 5.74) is 11.1. The molecule has 0 aliphatic carbocycles.